The molecule has 0 amide bonds. The minimum absolute atomic E-state index is 0.0731. The number of hydroxylamine groups is 4. The first-order valence-electron chi connectivity index (χ1n) is 7.10. The van der Waals surface area contributed by atoms with E-state index >= 15 is 0 Å². The molecule has 2 rings (SSSR count). The van der Waals surface area contributed by atoms with E-state index in [1.54, 1.807) is 0 Å². The third-order valence-corrected chi connectivity index (χ3v) is 3.65. The van der Waals surface area contributed by atoms with Crippen molar-refractivity contribution in [2.45, 2.75) is 51.6 Å². The summed E-state index contributed by atoms with van der Waals surface area (Å²) in [6, 6.07) is -0.146. The van der Waals surface area contributed by atoms with Crippen molar-refractivity contribution in [3.8, 4) is 0 Å². The van der Waals surface area contributed by atoms with Crippen LogP contribution in [-0.2, 0) is 14.5 Å². The lowest BCUT2D eigenvalue weighted by atomic mass is 10.0. The molecule has 0 aliphatic carbocycles. The van der Waals surface area contributed by atoms with E-state index in [1.165, 1.54) is 0 Å². The quantitative estimate of drug-likeness (QED) is 0.718. The van der Waals surface area contributed by atoms with Gasteiger partial charge in [0.25, 0.3) is 0 Å². The summed E-state index contributed by atoms with van der Waals surface area (Å²) >= 11 is 0. The average Bonchev–Trinajstić information content (AvgIpc) is 2.98. The molecule has 5 nitrogen and oxygen atoms in total. The zero-order valence-electron chi connectivity index (χ0n) is 11.4. The Labute approximate surface area is 109 Å². The normalized spacial score (nSPS) is 30.1. The molecule has 2 saturated heterocycles. The predicted molar refractivity (Wildman–Crippen MR) is 67.7 cm³/mol. The van der Waals surface area contributed by atoms with Crippen molar-refractivity contribution in [2.75, 3.05) is 26.3 Å². The van der Waals surface area contributed by atoms with Crippen LogP contribution in [0, 0.1) is 0 Å². The van der Waals surface area contributed by atoms with Crippen LogP contribution < -0.4 is 0 Å². The largest absolute Gasteiger partial charge is 0.299 e. The maximum atomic E-state index is 12.6. The molecule has 5 heteroatoms. The minimum Gasteiger partial charge on any atom is -0.299 e. The van der Waals surface area contributed by atoms with Gasteiger partial charge in [-0.05, 0) is 39.5 Å². The van der Waals surface area contributed by atoms with E-state index in [-0.39, 0.29) is 17.9 Å². The van der Waals surface area contributed by atoms with Gasteiger partial charge in [0.15, 0.2) is 5.78 Å². The second kappa shape index (κ2) is 6.61. The molecule has 0 radical (unpaired) electrons. The molecule has 0 N–H and O–H groups in total. The fraction of sp³-hybridized carbons (Fsp3) is 0.923. The molecule has 2 unspecified atom stereocenters. The molecule has 0 spiro atoms. The van der Waals surface area contributed by atoms with Crippen molar-refractivity contribution < 1.29 is 14.5 Å². The molecule has 2 fully saturated rings. The number of hydrogen-bond donors (Lipinski definition) is 0. The number of carbonyl (C=O) groups is 1. The average molecular weight is 256 g/mol. The number of rotatable bonds is 6. The van der Waals surface area contributed by atoms with Crippen LogP contribution in [-0.4, -0.2) is 54.3 Å². The van der Waals surface area contributed by atoms with Crippen LogP contribution in [0.2, 0.25) is 0 Å². The van der Waals surface area contributed by atoms with E-state index in [0.29, 0.717) is 13.2 Å². The third kappa shape index (κ3) is 2.91. The predicted octanol–water partition coefficient (Wildman–Crippen LogP) is 1.39. The smallest absolute Gasteiger partial charge is 0.171 e. The molecule has 0 bridgehead atoms. The van der Waals surface area contributed by atoms with Crippen LogP contribution in [0.5, 0.6) is 0 Å². The molecular formula is C13H24N2O3. The van der Waals surface area contributed by atoms with Crippen molar-refractivity contribution in [3.05, 3.63) is 0 Å². The lowest BCUT2D eigenvalue weighted by molar-refractivity contribution is -0.192. The molecule has 2 aliphatic rings. The summed E-state index contributed by atoms with van der Waals surface area (Å²) in [7, 11) is 0. The third-order valence-electron chi connectivity index (χ3n) is 3.65. The highest BCUT2D eigenvalue weighted by Gasteiger charge is 2.40. The fourth-order valence-electron chi connectivity index (χ4n) is 2.91. The molecule has 0 aromatic carbocycles. The summed E-state index contributed by atoms with van der Waals surface area (Å²) in [5.41, 5.74) is 0. The Bertz CT molecular complexity index is 259. The Morgan fingerprint density at radius 1 is 1.00 bits per heavy atom. The van der Waals surface area contributed by atoms with Gasteiger partial charge in [0.05, 0.1) is 25.3 Å². The lowest BCUT2D eigenvalue weighted by Crippen LogP contribution is -2.46. The molecule has 0 aromatic rings. The van der Waals surface area contributed by atoms with Gasteiger partial charge >= 0.3 is 0 Å². The Balaban J connectivity index is 1.97. The topological polar surface area (TPSA) is 42.0 Å². The first kappa shape index (κ1) is 13.9. The maximum Gasteiger partial charge on any atom is 0.171 e. The SMILES string of the molecule is CCON1CCCC1C(=O)C1CCCN1OCC. The Hall–Kier alpha value is -0.490. The van der Waals surface area contributed by atoms with Gasteiger partial charge in [0, 0.05) is 13.1 Å². The zero-order valence-corrected chi connectivity index (χ0v) is 11.4. The molecule has 0 aromatic heterocycles. The van der Waals surface area contributed by atoms with E-state index < -0.39 is 0 Å². The summed E-state index contributed by atoms with van der Waals surface area (Å²) in [6.45, 7) is 6.91. The van der Waals surface area contributed by atoms with Crippen LogP contribution in [0.15, 0.2) is 0 Å². The van der Waals surface area contributed by atoms with Gasteiger partial charge in [0.1, 0.15) is 0 Å². The Morgan fingerprint density at radius 3 is 1.83 bits per heavy atom. The van der Waals surface area contributed by atoms with Gasteiger partial charge in [-0.3, -0.25) is 14.5 Å². The summed E-state index contributed by atoms with van der Waals surface area (Å²) < 4.78 is 0. The monoisotopic (exact) mass is 256 g/mol. The van der Waals surface area contributed by atoms with Crippen LogP contribution >= 0.6 is 0 Å². The first-order chi connectivity index (χ1) is 8.77. The summed E-state index contributed by atoms with van der Waals surface area (Å²) in [5, 5.41) is 3.73. The lowest BCUT2D eigenvalue weighted by Gasteiger charge is -2.28. The second-order valence-electron chi connectivity index (χ2n) is 4.84. The molecule has 104 valence electrons. The van der Waals surface area contributed by atoms with E-state index in [2.05, 4.69) is 0 Å². The number of nitrogens with zero attached hydrogens (tertiary/aromatic N) is 2. The maximum absolute atomic E-state index is 12.6. The fourth-order valence-corrected chi connectivity index (χ4v) is 2.91. The van der Waals surface area contributed by atoms with Gasteiger partial charge in [-0.1, -0.05) is 0 Å². The number of Topliss-reactive ketones (excluding diaryl/α,β-unsaturated/α-hetero) is 1. The van der Waals surface area contributed by atoms with Crippen LogP contribution in [0.3, 0.4) is 0 Å². The number of hydrogen-bond acceptors (Lipinski definition) is 5. The van der Waals surface area contributed by atoms with Gasteiger partial charge in [-0.25, -0.2) is 0 Å². The molecule has 18 heavy (non-hydrogen) atoms. The van der Waals surface area contributed by atoms with Crippen molar-refractivity contribution >= 4 is 5.78 Å². The van der Waals surface area contributed by atoms with Gasteiger partial charge in [-0.2, -0.15) is 10.1 Å². The van der Waals surface area contributed by atoms with Gasteiger partial charge in [0.2, 0.25) is 0 Å². The highest BCUT2D eigenvalue weighted by molar-refractivity contribution is 5.89. The standard InChI is InChI=1S/C13H24N2O3/c1-3-17-14-9-5-7-11(14)13(16)12-8-6-10-15(12)18-4-2/h11-12H,3-10H2,1-2H3. The van der Waals surface area contributed by atoms with Crippen molar-refractivity contribution in [1.29, 1.82) is 0 Å². The van der Waals surface area contributed by atoms with E-state index in [9.17, 15) is 4.79 Å². The van der Waals surface area contributed by atoms with Crippen LogP contribution in [0.4, 0.5) is 0 Å². The van der Waals surface area contributed by atoms with E-state index in [0.717, 1.165) is 38.8 Å². The zero-order chi connectivity index (χ0) is 13.0. The molecule has 2 aliphatic heterocycles. The number of carbonyl (C=O) groups excluding carboxylic acids is 1. The van der Waals surface area contributed by atoms with Crippen LogP contribution in [0.25, 0.3) is 0 Å². The molecule has 2 atom stereocenters. The molecular weight excluding hydrogens is 232 g/mol. The van der Waals surface area contributed by atoms with E-state index in [4.69, 9.17) is 9.68 Å². The summed E-state index contributed by atoms with van der Waals surface area (Å²) in [4.78, 5) is 23.7. The van der Waals surface area contributed by atoms with Crippen LogP contribution in [0.1, 0.15) is 39.5 Å². The minimum atomic E-state index is -0.0731. The van der Waals surface area contributed by atoms with E-state index in [1.807, 2.05) is 24.0 Å². The Morgan fingerprint density at radius 2 is 1.44 bits per heavy atom. The second-order valence-corrected chi connectivity index (χ2v) is 4.84. The Kier molecular flexibility index (Phi) is 5.12. The van der Waals surface area contributed by atoms with Gasteiger partial charge < -0.3 is 0 Å². The van der Waals surface area contributed by atoms with Crippen molar-refractivity contribution in [1.82, 2.24) is 10.1 Å². The molecule has 2 heterocycles. The van der Waals surface area contributed by atoms with Crippen molar-refractivity contribution in [2.24, 2.45) is 0 Å². The highest BCUT2D eigenvalue weighted by atomic mass is 16.7. The summed E-state index contributed by atoms with van der Waals surface area (Å²) in [5.74, 6) is 0.270. The molecule has 0 saturated carbocycles. The summed E-state index contributed by atoms with van der Waals surface area (Å²) in [6.07, 6.45) is 3.90. The van der Waals surface area contributed by atoms with Crippen molar-refractivity contribution in [3.63, 3.8) is 0 Å². The van der Waals surface area contributed by atoms with Gasteiger partial charge in [-0.15, -0.1) is 0 Å². The first-order valence-corrected chi connectivity index (χ1v) is 7.10. The number of ketones is 1. The highest BCUT2D eigenvalue weighted by Crippen LogP contribution is 2.25.